The first-order valence-electron chi connectivity index (χ1n) is 6.27. The summed E-state index contributed by atoms with van der Waals surface area (Å²) in [5.41, 5.74) is 1.04. The first-order chi connectivity index (χ1) is 9.13. The Bertz CT molecular complexity index is 503. The molecule has 0 amide bonds. The molecule has 0 saturated carbocycles. The zero-order valence-electron chi connectivity index (χ0n) is 11.1. The van der Waals surface area contributed by atoms with E-state index in [4.69, 9.17) is 9.47 Å². The summed E-state index contributed by atoms with van der Waals surface area (Å²) >= 11 is 0. The van der Waals surface area contributed by atoms with E-state index in [0.29, 0.717) is 12.4 Å². The largest absolute Gasteiger partial charge is 0.491 e. The van der Waals surface area contributed by atoms with Gasteiger partial charge in [0.05, 0.1) is 6.10 Å². The molecule has 2 aromatic rings. The molecule has 0 radical (unpaired) electrons. The van der Waals surface area contributed by atoms with Gasteiger partial charge in [-0.3, -0.25) is 0 Å². The number of ether oxygens (including phenoxy) is 2. The standard InChI is InChI=1S/C16H17FO2/c1-12(2)19-16-7-3-13(4-8-16)11-18-15-9-5-14(17)6-10-15/h3-10,12H,11H2,1-2H3. The van der Waals surface area contributed by atoms with Crippen LogP contribution in [0.2, 0.25) is 0 Å². The lowest BCUT2D eigenvalue weighted by molar-refractivity contribution is 0.242. The van der Waals surface area contributed by atoms with Gasteiger partial charge in [-0.25, -0.2) is 4.39 Å². The van der Waals surface area contributed by atoms with Crippen molar-refractivity contribution in [1.29, 1.82) is 0 Å². The highest BCUT2D eigenvalue weighted by Gasteiger charge is 1.99. The number of hydrogen-bond donors (Lipinski definition) is 0. The minimum absolute atomic E-state index is 0.168. The van der Waals surface area contributed by atoms with Gasteiger partial charge in [0.2, 0.25) is 0 Å². The third kappa shape index (κ3) is 4.28. The van der Waals surface area contributed by atoms with Gasteiger partial charge in [0.15, 0.2) is 0 Å². The van der Waals surface area contributed by atoms with Crippen LogP contribution in [-0.4, -0.2) is 6.10 Å². The SMILES string of the molecule is CC(C)Oc1ccc(COc2ccc(F)cc2)cc1. The van der Waals surface area contributed by atoms with Gasteiger partial charge >= 0.3 is 0 Å². The molecular weight excluding hydrogens is 243 g/mol. The second kappa shape index (κ2) is 6.23. The highest BCUT2D eigenvalue weighted by atomic mass is 19.1. The lowest BCUT2D eigenvalue weighted by Crippen LogP contribution is -2.05. The van der Waals surface area contributed by atoms with E-state index in [2.05, 4.69) is 0 Å². The number of hydrogen-bond acceptors (Lipinski definition) is 2. The summed E-state index contributed by atoms with van der Waals surface area (Å²) < 4.78 is 23.9. The van der Waals surface area contributed by atoms with Gasteiger partial charge in [-0.2, -0.15) is 0 Å². The average molecular weight is 260 g/mol. The fraction of sp³-hybridized carbons (Fsp3) is 0.250. The zero-order valence-corrected chi connectivity index (χ0v) is 11.1. The van der Waals surface area contributed by atoms with Crippen molar-refractivity contribution < 1.29 is 13.9 Å². The van der Waals surface area contributed by atoms with Crippen LogP contribution in [0.3, 0.4) is 0 Å². The number of benzene rings is 2. The average Bonchev–Trinajstić information content (AvgIpc) is 2.39. The van der Waals surface area contributed by atoms with E-state index < -0.39 is 0 Å². The lowest BCUT2D eigenvalue weighted by atomic mass is 10.2. The van der Waals surface area contributed by atoms with Gasteiger partial charge in [-0.15, -0.1) is 0 Å². The van der Waals surface area contributed by atoms with Crippen LogP contribution >= 0.6 is 0 Å². The maximum atomic E-state index is 12.7. The van der Waals surface area contributed by atoms with Crippen LogP contribution in [0.25, 0.3) is 0 Å². The van der Waals surface area contributed by atoms with Gasteiger partial charge in [0, 0.05) is 0 Å². The topological polar surface area (TPSA) is 18.5 Å². The minimum atomic E-state index is -0.262. The monoisotopic (exact) mass is 260 g/mol. The normalized spacial score (nSPS) is 10.5. The van der Waals surface area contributed by atoms with Crippen LogP contribution in [0.15, 0.2) is 48.5 Å². The van der Waals surface area contributed by atoms with Crippen molar-refractivity contribution in [2.45, 2.75) is 26.6 Å². The van der Waals surface area contributed by atoms with Crippen molar-refractivity contribution in [2.75, 3.05) is 0 Å². The Morgan fingerprint density at radius 1 is 0.895 bits per heavy atom. The highest BCUT2D eigenvalue weighted by Crippen LogP contribution is 2.16. The molecule has 100 valence electrons. The molecule has 0 unspecified atom stereocenters. The van der Waals surface area contributed by atoms with Crippen molar-refractivity contribution in [3.63, 3.8) is 0 Å². The van der Waals surface area contributed by atoms with Crippen molar-refractivity contribution in [3.05, 3.63) is 59.9 Å². The summed E-state index contributed by atoms with van der Waals surface area (Å²) in [6.07, 6.45) is 0.168. The second-order valence-electron chi connectivity index (χ2n) is 4.55. The molecule has 2 rings (SSSR count). The highest BCUT2D eigenvalue weighted by molar-refractivity contribution is 5.28. The second-order valence-corrected chi connectivity index (χ2v) is 4.55. The Hall–Kier alpha value is -2.03. The molecule has 0 aromatic heterocycles. The van der Waals surface area contributed by atoms with Crippen molar-refractivity contribution in [3.8, 4) is 11.5 Å². The summed E-state index contributed by atoms with van der Waals surface area (Å²) in [7, 11) is 0. The van der Waals surface area contributed by atoms with E-state index in [1.54, 1.807) is 12.1 Å². The molecule has 0 fully saturated rings. The summed E-state index contributed by atoms with van der Waals surface area (Å²) in [4.78, 5) is 0. The number of rotatable bonds is 5. The smallest absolute Gasteiger partial charge is 0.123 e. The summed E-state index contributed by atoms with van der Waals surface area (Å²) in [5.74, 6) is 1.24. The van der Waals surface area contributed by atoms with Crippen LogP contribution in [0.5, 0.6) is 11.5 Å². The van der Waals surface area contributed by atoms with Crippen molar-refractivity contribution in [1.82, 2.24) is 0 Å². The molecule has 0 aliphatic carbocycles. The summed E-state index contributed by atoms with van der Waals surface area (Å²) in [6, 6.07) is 13.8. The first-order valence-corrected chi connectivity index (χ1v) is 6.27. The van der Waals surface area contributed by atoms with E-state index >= 15 is 0 Å². The lowest BCUT2D eigenvalue weighted by Gasteiger charge is -2.10. The van der Waals surface area contributed by atoms with Gasteiger partial charge in [-0.05, 0) is 55.8 Å². The Morgan fingerprint density at radius 3 is 2.05 bits per heavy atom. The molecule has 0 N–H and O–H groups in total. The maximum absolute atomic E-state index is 12.7. The third-order valence-corrected chi connectivity index (χ3v) is 2.51. The van der Waals surface area contributed by atoms with Gasteiger partial charge in [-0.1, -0.05) is 12.1 Å². The molecule has 0 bridgehead atoms. The maximum Gasteiger partial charge on any atom is 0.123 e. The van der Waals surface area contributed by atoms with Crippen molar-refractivity contribution >= 4 is 0 Å². The molecule has 0 aliphatic rings. The molecule has 0 saturated heterocycles. The molecule has 19 heavy (non-hydrogen) atoms. The van der Waals surface area contributed by atoms with Gasteiger partial charge < -0.3 is 9.47 Å². The molecule has 0 atom stereocenters. The van der Waals surface area contributed by atoms with Crippen LogP contribution < -0.4 is 9.47 Å². The van der Waals surface area contributed by atoms with Gasteiger partial charge in [0.1, 0.15) is 23.9 Å². The van der Waals surface area contributed by atoms with Crippen LogP contribution in [0, 0.1) is 5.82 Å². The molecule has 0 spiro atoms. The zero-order chi connectivity index (χ0) is 13.7. The van der Waals surface area contributed by atoms with Gasteiger partial charge in [0.25, 0.3) is 0 Å². The Morgan fingerprint density at radius 2 is 1.47 bits per heavy atom. The fourth-order valence-electron chi connectivity index (χ4n) is 1.63. The molecule has 0 aliphatic heterocycles. The van der Waals surface area contributed by atoms with Crippen LogP contribution in [-0.2, 0) is 6.61 Å². The Labute approximate surface area is 112 Å². The van der Waals surface area contributed by atoms with E-state index in [-0.39, 0.29) is 11.9 Å². The first kappa shape index (κ1) is 13.4. The predicted molar refractivity (Wildman–Crippen MR) is 72.9 cm³/mol. The van der Waals surface area contributed by atoms with Crippen molar-refractivity contribution in [2.24, 2.45) is 0 Å². The molecule has 3 heteroatoms. The predicted octanol–water partition coefficient (Wildman–Crippen LogP) is 4.19. The Balaban J connectivity index is 1.91. The summed E-state index contributed by atoms with van der Waals surface area (Å²) in [6.45, 7) is 4.44. The molecule has 2 nitrogen and oxygen atoms in total. The fourth-order valence-corrected chi connectivity index (χ4v) is 1.63. The third-order valence-electron chi connectivity index (χ3n) is 2.51. The molecule has 0 heterocycles. The van der Waals surface area contributed by atoms with Crippen LogP contribution in [0.4, 0.5) is 4.39 Å². The minimum Gasteiger partial charge on any atom is -0.491 e. The molecule has 2 aromatic carbocycles. The number of halogens is 1. The van der Waals surface area contributed by atoms with E-state index in [9.17, 15) is 4.39 Å². The quantitative estimate of drug-likeness (QED) is 0.802. The summed E-state index contributed by atoms with van der Waals surface area (Å²) in [5, 5.41) is 0. The van der Waals surface area contributed by atoms with E-state index in [0.717, 1.165) is 11.3 Å². The molecular formula is C16H17FO2. The van der Waals surface area contributed by atoms with Crippen LogP contribution in [0.1, 0.15) is 19.4 Å². The van der Waals surface area contributed by atoms with E-state index in [1.807, 2.05) is 38.1 Å². The van der Waals surface area contributed by atoms with E-state index in [1.165, 1.54) is 12.1 Å². The Kier molecular flexibility index (Phi) is 4.39.